The van der Waals surface area contributed by atoms with Gasteiger partial charge in [0.1, 0.15) is 6.10 Å². The first-order valence-corrected chi connectivity index (χ1v) is 7.82. The van der Waals surface area contributed by atoms with E-state index in [2.05, 4.69) is 18.7 Å². The number of benzene rings is 1. The fourth-order valence-electron chi connectivity index (χ4n) is 2.86. The summed E-state index contributed by atoms with van der Waals surface area (Å²) in [5.74, 6) is 2.12. The molecule has 2 rings (SSSR count). The van der Waals surface area contributed by atoms with Crippen LogP contribution in [0.2, 0.25) is 0 Å². The molecule has 0 atom stereocenters. The van der Waals surface area contributed by atoms with E-state index in [0.29, 0.717) is 17.2 Å². The normalized spacial score (nSPS) is 16.6. The fourth-order valence-corrected chi connectivity index (χ4v) is 2.86. The molecule has 0 spiro atoms. The van der Waals surface area contributed by atoms with Crippen LogP contribution in [-0.4, -0.2) is 50.4 Å². The molecule has 0 aromatic heterocycles. The van der Waals surface area contributed by atoms with Crippen LogP contribution in [0.25, 0.3) is 0 Å². The van der Waals surface area contributed by atoms with E-state index in [1.54, 1.807) is 14.2 Å². The van der Waals surface area contributed by atoms with E-state index in [-0.39, 0.29) is 24.0 Å². The Morgan fingerprint density at radius 2 is 1.65 bits per heavy atom. The molecule has 1 saturated heterocycles. The Hall–Kier alpha value is -1.17. The van der Waals surface area contributed by atoms with Crippen molar-refractivity contribution in [3.05, 3.63) is 18.2 Å². The van der Waals surface area contributed by atoms with Crippen molar-refractivity contribution in [3.63, 3.8) is 0 Å². The molecule has 5 nitrogen and oxygen atoms in total. The summed E-state index contributed by atoms with van der Waals surface area (Å²) >= 11 is 0. The van der Waals surface area contributed by atoms with Gasteiger partial charge in [0.25, 0.3) is 0 Å². The van der Waals surface area contributed by atoms with E-state index in [4.69, 9.17) is 19.9 Å². The minimum Gasteiger partial charge on any atom is -0.493 e. The minimum atomic E-state index is -0.153. The zero-order valence-electron chi connectivity index (χ0n) is 14.5. The van der Waals surface area contributed by atoms with Crippen molar-refractivity contribution in [1.29, 1.82) is 0 Å². The van der Waals surface area contributed by atoms with Crippen molar-refractivity contribution in [2.45, 2.75) is 38.3 Å². The molecule has 0 bridgehead atoms. The van der Waals surface area contributed by atoms with Crippen LogP contribution in [0.4, 0.5) is 0 Å². The van der Waals surface area contributed by atoms with Gasteiger partial charge in [-0.1, -0.05) is 6.07 Å². The number of hydrogen-bond acceptors (Lipinski definition) is 5. The standard InChI is InChI=1S/C17H28N2O3.ClH/c1-17(2,18)12-19-10-8-13(9-11-19)22-16-14(20-3)6-5-7-15(16)21-4;/h5-7,13H,8-12,18H2,1-4H3;1H. The lowest BCUT2D eigenvalue weighted by Gasteiger charge is -2.36. The van der Waals surface area contributed by atoms with Crippen molar-refractivity contribution in [3.8, 4) is 17.2 Å². The molecule has 132 valence electrons. The highest BCUT2D eigenvalue weighted by molar-refractivity contribution is 5.85. The van der Waals surface area contributed by atoms with Crippen molar-refractivity contribution < 1.29 is 14.2 Å². The summed E-state index contributed by atoms with van der Waals surface area (Å²) in [5.41, 5.74) is 5.94. The molecule has 6 heteroatoms. The molecule has 1 aromatic carbocycles. The monoisotopic (exact) mass is 344 g/mol. The largest absolute Gasteiger partial charge is 0.493 e. The number of nitrogens with two attached hydrogens (primary N) is 1. The van der Waals surface area contributed by atoms with Gasteiger partial charge in [-0.05, 0) is 38.8 Å². The van der Waals surface area contributed by atoms with Crippen molar-refractivity contribution in [1.82, 2.24) is 4.90 Å². The number of ether oxygens (including phenoxy) is 3. The first kappa shape index (κ1) is 19.9. The summed E-state index contributed by atoms with van der Waals surface area (Å²) in [4.78, 5) is 2.40. The minimum absolute atomic E-state index is 0. The Morgan fingerprint density at radius 3 is 2.09 bits per heavy atom. The fraction of sp³-hybridized carbons (Fsp3) is 0.647. The van der Waals surface area contributed by atoms with Crippen molar-refractivity contribution in [2.75, 3.05) is 33.9 Å². The number of para-hydroxylation sites is 1. The van der Waals surface area contributed by atoms with Crippen LogP contribution in [0.15, 0.2) is 18.2 Å². The Labute approximate surface area is 145 Å². The predicted molar refractivity (Wildman–Crippen MR) is 95.2 cm³/mol. The lowest BCUT2D eigenvalue weighted by Crippen LogP contribution is -2.49. The summed E-state index contributed by atoms with van der Waals surface area (Å²) < 4.78 is 16.9. The summed E-state index contributed by atoms with van der Waals surface area (Å²) in [6.07, 6.45) is 2.15. The van der Waals surface area contributed by atoms with Crippen LogP contribution >= 0.6 is 12.4 Å². The molecule has 1 aliphatic rings. The molecule has 1 aromatic rings. The second kappa shape index (κ2) is 8.62. The molecule has 1 fully saturated rings. The van der Waals surface area contributed by atoms with Crippen molar-refractivity contribution >= 4 is 12.4 Å². The van der Waals surface area contributed by atoms with Gasteiger partial charge in [-0.3, -0.25) is 0 Å². The number of rotatable bonds is 6. The highest BCUT2D eigenvalue weighted by Gasteiger charge is 2.25. The summed E-state index contributed by atoms with van der Waals surface area (Å²) in [6, 6.07) is 5.68. The zero-order chi connectivity index (χ0) is 16.2. The Morgan fingerprint density at radius 1 is 1.13 bits per heavy atom. The Balaban J connectivity index is 0.00000264. The second-order valence-electron chi connectivity index (χ2n) is 6.57. The topological polar surface area (TPSA) is 57.0 Å². The molecule has 0 amide bonds. The SMILES string of the molecule is COc1cccc(OC)c1OC1CCN(CC(C)(C)N)CC1.Cl. The summed E-state index contributed by atoms with van der Waals surface area (Å²) in [6.45, 7) is 7.05. The molecule has 0 saturated carbocycles. The lowest BCUT2D eigenvalue weighted by atomic mass is 10.0. The number of hydrogen-bond donors (Lipinski definition) is 1. The van der Waals surface area contributed by atoms with Gasteiger partial charge >= 0.3 is 0 Å². The van der Waals surface area contributed by atoms with Crippen LogP contribution in [0.3, 0.4) is 0 Å². The van der Waals surface area contributed by atoms with Crippen LogP contribution in [0.5, 0.6) is 17.2 Å². The van der Waals surface area contributed by atoms with Gasteiger partial charge in [0, 0.05) is 25.2 Å². The first-order valence-electron chi connectivity index (χ1n) is 7.82. The molecular weight excluding hydrogens is 316 g/mol. The van der Waals surface area contributed by atoms with Gasteiger partial charge in [-0.15, -0.1) is 12.4 Å². The zero-order valence-corrected chi connectivity index (χ0v) is 15.3. The van der Waals surface area contributed by atoms with E-state index >= 15 is 0 Å². The van der Waals surface area contributed by atoms with E-state index < -0.39 is 0 Å². The van der Waals surface area contributed by atoms with Gasteiger partial charge in [-0.25, -0.2) is 0 Å². The smallest absolute Gasteiger partial charge is 0.203 e. The third-order valence-electron chi connectivity index (χ3n) is 3.83. The van der Waals surface area contributed by atoms with Gasteiger partial charge in [0.2, 0.25) is 5.75 Å². The predicted octanol–water partition coefficient (Wildman–Crippen LogP) is 2.71. The molecule has 2 N–H and O–H groups in total. The van der Waals surface area contributed by atoms with Gasteiger partial charge in [-0.2, -0.15) is 0 Å². The molecular formula is C17H29ClN2O3. The third kappa shape index (κ3) is 5.75. The van der Waals surface area contributed by atoms with Gasteiger partial charge in [0.05, 0.1) is 14.2 Å². The maximum atomic E-state index is 6.17. The van der Waals surface area contributed by atoms with Gasteiger partial charge in [0.15, 0.2) is 11.5 Å². The molecule has 0 aliphatic carbocycles. The highest BCUT2D eigenvalue weighted by atomic mass is 35.5. The second-order valence-corrected chi connectivity index (χ2v) is 6.57. The van der Waals surface area contributed by atoms with Crippen LogP contribution in [0, 0.1) is 0 Å². The molecule has 23 heavy (non-hydrogen) atoms. The van der Waals surface area contributed by atoms with E-state index in [1.165, 1.54) is 0 Å². The van der Waals surface area contributed by atoms with E-state index in [1.807, 2.05) is 18.2 Å². The number of piperidine rings is 1. The van der Waals surface area contributed by atoms with Crippen LogP contribution < -0.4 is 19.9 Å². The number of likely N-dealkylation sites (tertiary alicyclic amines) is 1. The number of halogens is 1. The van der Waals surface area contributed by atoms with E-state index in [9.17, 15) is 0 Å². The molecule has 0 radical (unpaired) electrons. The number of methoxy groups -OCH3 is 2. The lowest BCUT2D eigenvalue weighted by molar-refractivity contribution is 0.0859. The van der Waals surface area contributed by atoms with Gasteiger partial charge < -0.3 is 24.8 Å². The Bertz CT molecular complexity index is 461. The third-order valence-corrected chi connectivity index (χ3v) is 3.83. The molecule has 0 unspecified atom stereocenters. The molecule has 1 aliphatic heterocycles. The Kier molecular flexibility index (Phi) is 7.45. The van der Waals surface area contributed by atoms with Crippen LogP contribution in [0.1, 0.15) is 26.7 Å². The summed E-state index contributed by atoms with van der Waals surface area (Å²) in [5, 5.41) is 0. The quantitative estimate of drug-likeness (QED) is 0.859. The number of nitrogens with zero attached hydrogens (tertiary/aromatic N) is 1. The van der Waals surface area contributed by atoms with Crippen molar-refractivity contribution in [2.24, 2.45) is 5.73 Å². The average molecular weight is 345 g/mol. The average Bonchev–Trinajstić information content (AvgIpc) is 2.48. The first-order chi connectivity index (χ1) is 10.4. The van der Waals surface area contributed by atoms with Crippen LogP contribution in [-0.2, 0) is 0 Å². The van der Waals surface area contributed by atoms with E-state index in [0.717, 1.165) is 32.5 Å². The molecule has 1 heterocycles. The highest BCUT2D eigenvalue weighted by Crippen LogP contribution is 2.38. The maximum Gasteiger partial charge on any atom is 0.203 e. The maximum absolute atomic E-state index is 6.17. The summed E-state index contributed by atoms with van der Waals surface area (Å²) in [7, 11) is 3.29.